The Kier molecular flexibility index (Phi) is 6.56. The number of hydrogen-bond acceptors (Lipinski definition) is 11. The van der Waals surface area contributed by atoms with E-state index in [1.807, 2.05) is 0 Å². The number of benzene rings is 1. The number of nitrogens with zero attached hydrogens (tertiary/aromatic N) is 2. The molecule has 0 unspecified atom stereocenters. The lowest BCUT2D eigenvalue weighted by atomic mass is 10.0. The predicted molar refractivity (Wildman–Crippen MR) is 120 cm³/mol. The van der Waals surface area contributed by atoms with Gasteiger partial charge in [0.25, 0.3) is 0 Å². The van der Waals surface area contributed by atoms with Gasteiger partial charge in [-0.25, -0.2) is 9.97 Å². The zero-order chi connectivity index (χ0) is 24.6. The third-order valence-corrected chi connectivity index (χ3v) is 5.36. The van der Waals surface area contributed by atoms with Gasteiger partial charge in [0.2, 0.25) is 11.6 Å². The van der Waals surface area contributed by atoms with Crippen LogP contribution in [0.3, 0.4) is 0 Å². The first kappa shape index (κ1) is 24.3. The molecule has 0 atom stereocenters. The lowest BCUT2D eigenvalue weighted by Gasteiger charge is -2.20. The summed E-state index contributed by atoms with van der Waals surface area (Å²) in [5.41, 5.74) is 0.890. The van der Waals surface area contributed by atoms with Crippen LogP contribution in [0.15, 0.2) is 24.4 Å². The average molecular weight is 499 g/mol. The van der Waals surface area contributed by atoms with Crippen LogP contribution in [0.4, 0.5) is 0 Å². The van der Waals surface area contributed by atoms with Crippen molar-refractivity contribution in [1.29, 1.82) is 0 Å². The molecule has 0 aliphatic heterocycles. The zero-order valence-electron chi connectivity index (χ0n) is 18.7. The van der Waals surface area contributed by atoms with Crippen LogP contribution in [0.1, 0.15) is 5.69 Å². The van der Waals surface area contributed by atoms with Crippen LogP contribution in [-0.4, -0.2) is 60.6 Å². The second-order valence-corrected chi connectivity index (χ2v) is 10.1. The van der Waals surface area contributed by atoms with Crippen molar-refractivity contribution in [2.75, 3.05) is 33.8 Å². The molecule has 0 amide bonds. The zero-order valence-corrected chi connectivity index (χ0v) is 20.3. The first-order valence-corrected chi connectivity index (χ1v) is 12.9. The summed E-state index contributed by atoms with van der Waals surface area (Å²) in [6, 6.07) is 4.69. The van der Waals surface area contributed by atoms with Crippen molar-refractivity contribution in [3.05, 3.63) is 30.1 Å². The third-order valence-electron chi connectivity index (χ3n) is 4.43. The molecule has 0 N–H and O–H groups in total. The fraction of sp³-hybridized carbons (Fsp3) is 0.300. The van der Waals surface area contributed by atoms with Crippen molar-refractivity contribution in [3.8, 4) is 40.1 Å². The maximum atomic E-state index is 12.2. The van der Waals surface area contributed by atoms with Crippen molar-refractivity contribution in [2.45, 2.75) is 6.92 Å². The maximum absolute atomic E-state index is 12.2. The molecule has 0 spiro atoms. The number of ether oxygens (including phenoxy) is 3. The number of pyridine rings is 2. The number of rotatable bonds is 8. The maximum Gasteiger partial charge on any atom is 0.306 e. The molecule has 13 heteroatoms. The van der Waals surface area contributed by atoms with E-state index in [0.717, 1.165) is 12.5 Å². The Balaban J connectivity index is 2.55. The van der Waals surface area contributed by atoms with Crippen LogP contribution >= 0.6 is 0 Å². The predicted octanol–water partition coefficient (Wildman–Crippen LogP) is 2.31. The van der Waals surface area contributed by atoms with Gasteiger partial charge in [0.05, 0.1) is 39.2 Å². The molecule has 0 fully saturated rings. The molecule has 33 heavy (non-hydrogen) atoms. The Hall–Kier alpha value is -3.32. The normalized spacial score (nSPS) is 11.8. The van der Waals surface area contributed by atoms with E-state index in [0.29, 0.717) is 22.5 Å². The van der Waals surface area contributed by atoms with Gasteiger partial charge in [-0.3, -0.25) is 0 Å². The fourth-order valence-corrected chi connectivity index (χ4v) is 4.10. The Labute approximate surface area is 191 Å². The van der Waals surface area contributed by atoms with Gasteiger partial charge >= 0.3 is 20.2 Å². The van der Waals surface area contributed by atoms with E-state index in [1.54, 1.807) is 19.1 Å². The smallest absolute Gasteiger partial charge is 0.306 e. The fourth-order valence-electron chi connectivity index (χ4n) is 3.17. The van der Waals surface area contributed by atoms with Gasteiger partial charge in [0, 0.05) is 28.9 Å². The summed E-state index contributed by atoms with van der Waals surface area (Å²) in [7, 11) is -4.05. The standard InChI is InChI=1S/C20H22N2O9S2/c1-11-13-9-14(27-2)18(29-4)20(31-33(6,25)26)16(13)19(30-32(5,23)24)17(22-11)12-7-8-15(28-3)21-10-12/h7-10H,1-6H3. The molecule has 178 valence electrons. The van der Waals surface area contributed by atoms with Crippen LogP contribution in [0, 0.1) is 6.92 Å². The average Bonchev–Trinajstić information content (AvgIpc) is 2.73. The molecule has 3 rings (SSSR count). The van der Waals surface area contributed by atoms with Crippen molar-refractivity contribution < 1.29 is 39.4 Å². The summed E-state index contributed by atoms with van der Waals surface area (Å²) in [6.45, 7) is 1.66. The molecule has 11 nitrogen and oxygen atoms in total. The van der Waals surface area contributed by atoms with Crippen LogP contribution in [0.25, 0.3) is 22.0 Å². The second-order valence-electron chi connectivity index (χ2n) is 6.90. The molecule has 0 bridgehead atoms. The summed E-state index contributed by atoms with van der Waals surface area (Å²) in [6.07, 6.45) is 3.11. The number of hydrogen-bond donors (Lipinski definition) is 0. The Bertz CT molecular complexity index is 1420. The highest BCUT2D eigenvalue weighted by molar-refractivity contribution is 7.86. The second kappa shape index (κ2) is 8.90. The largest absolute Gasteiger partial charge is 0.493 e. The SMILES string of the molecule is COc1ccc(-c2nc(C)c3cc(OC)c(OC)c(OS(C)(=O)=O)c3c2OS(C)(=O)=O)cn1. The summed E-state index contributed by atoms with van der Waals surface area (Å²) >= 11 is 0. The molecule has 0 radical (unpaired) electrons. The number of aromatic nitrogens is 2. The van der Waals surface area contributed by atoms with Gasteiger partial charge < -0.3 is 22.6 Å². The van der Waals surface area contributed by atoms with Gasteiger partial charge in [0.15, 0.2) is 17.2 Å². The molecule has 2 heterocycles. The number of methoxy groups -OCH3 is 3. The quantitative estimate of drug-likeness (QED) is 0.422. The van der Waals surface area contributed by atoms with E-state index >= 15 is 0 Å². The molecule has 0 aliphatic carbocycles. The summed E-state index contributed by atoms with van der Waals surface area (Å²) in [5.74, 6) is -0.156. The van der Waals surface area contributed by atoms with E-state index in [4.69, 9.17) is 22.6 Å². The van der Waals surface area contributed by atoms with Gasteiger partial charge in [-0.15, -0.1) is 0 Å². The van der Waals surface area contributed by atoms with Gasteiger partial charge in [-0.05, 0) is 19.1 Å². The lowest BCUT2D eigenvalue weighted by Crippen LogP contribution is -2.12. The topological polar surface area (TPSA) is 140 Å². The highest BCUT2D eigenvalue weighted by atomic mass is 32.2. The molecular formula is C20H22N2O9S2. The minimum atomic E-state index is -4.08. The highest BCUT2D eigenvalue weighted by Crippen LogP contribution is 2.50. The number of aryl methyl sites for hydroxylation is 1. The van der Waals surface area contributed by atoms with Gasteiger partial charge in [-0.2, -0.15) is 16.8 Å². The summed E-state index contributed by atoms with van der Waals surface area (Å²) < 4.78 is 74.9. The molecule has 2 aromatic heterocycles. The van der Waals surface area contributed by atoms with Crippen LogP contribution < -0.4 is 22.6 Å². The molecule has 1 aromatic carbocycles. The van der Waals surface area contributed by atoms with Crippen molar-refractivity contribution >= 4 is 31.0 Å². The highest BCUT2D eigenvalue weighted by Gasteiger charge is 2.28. The van der Waals surface area contributed by atoms with Crippen molar-refractivity contribution in [1.82, 2.24) is 9.97 Å². The van der Waals surface area contributed by atoms with E-state index in [9.17, 15) is 16.8 Å². The monoisotopic (exact) mass is 498 g/mol. The third kappa shape index (κ3) is 5.20. The van der Waals surface area contributed by atoms with Crippen LogP contribution in [0.2, 0.25) is 0 Å². The van der Waals surface area contributed by atoms with E-state index in [-0.39, 0.29) is 34.1 Å². The van der Waals surface area contributed by atoms with Gasteiger partial charge in [0.1, 0.15) is 5.69 Å². The minimum Gasteiger partial charge on any atom is -0.493 e. The van der Waals surface area contributed by atoms with Crippen LogP contribution in [-0.2, 0) is 20.2 Å². The van der Waals surface area contributed by atoms with E-state index in [1.165, 1.54) is 33.6 Å². The lowest BCUT2D eigenvalue weighted by molar-refractivity contribution is 0.344. The van der Waals surface area contributed by atoms with Crippen LogP contribution in [0.5, 0.6) is 28.9 Å². The molecule has 0 aliphatic rings. The Morgan fingerprint density at radius 2 is 1.45 bits per heavy atom. The van der Waals surface area contributed by atoms with Crippen molar-refractivity contribution in [3.63, 3.8) is 0 Å². The Morgan fingerprint density at radius 1 is 0.818 bits per heavy atom. The van der Waals surface area contributed by atoms with Crippen molar-refractivity contribution in [2.24, 2.45) is 0 Å². The minimum absolute atomic E-state index is 0.0156. The van der Waals surface area contributed by atoms with E-state index < -0.39 is 20.2 Å². The molecule has 3 aromatic rings. The number of fused-ring (bicyclic) bond motifs is 1. The Morgan fingerprint density at radius 3 is 1.94 bits per heavy atom. The first-order valence-electron chi connectivity index (χ1n) is 9.27. The summed E-state index contributed by atoms with van der Waals surface area (Å²) in [5, 5.41) is 0.344. The van der Waals surface area contributed by atoms with E-state index in [2.05, 4.69) is 9.97 Å². The molecular weight excluding hydrogens is 476 g/mol. The first-order chi connectivity index (χ1) is 15.4. The summed E-state index contributed by atoms with van der Waals surface area (Å²) in [4.78, 5) is 8.63. The molecule has 0 saturated carbocycles. The molecule has 0 saturated heterocycles. The van der Waals surface area contributed by atoms with Gasteiger partial charge in [-0.1, -0.05) is 0 Å².